The third kappa shape index (κ3) is 5.18. The summed E-state index contributed by atoms with van der Waals surface area (Å²) in [7, 11) is 0. The number of nitrogens with zero attached hydrogens (tertiary/aromatic N) is 1. The van der Waals surface area contributed by atoms with Crippen LogP contribution in [-0.4, -0.2) is 29.7 Å². The molecule has 0 fully saturated rings. The zero-order chi connectivity index (χ0) is 25.0. The van der Waals surface area contributed by atoms with Crippen molar-refractivity contribution in [3.05, 3.63) is 88.4 Å². The van der Waals surface area contributed by atoms with Crippen molar-refractivity contribution in [3.63, 3.8) is 0 Å². The fourth-order valence-electron chi connectivity index (χ4n) is 4.16. The second-order valence-electron chi connectivity index (χ2n) is 8.45. The number of hydrogen-bond acceptors (Lipinski definition) is 4. The largest absolute Gasteiger partial charge is 0.494 e. The summed E-state index contributed by atoms with van der Waals surface area (Å²) >= 11 is 3.42. The Hall–Kier alpha value is -3.36. The molecular weight excluding hydrogens is 510 g/mol. The van der Waals surface area contributed by atoms with E-state index in [0.29, 0.717) is 34.6 Å². The minimum Gasteiger partial charge on any atom is -0.494 e. The Labute approximate surface area is 213 Å². The molecule has 8 heteroatoms. The van der Waals surface area contributed by atoms with Gasteiger partial charge in [0.1, 0.15) is 5.75 Å². The molecule has 0 aromatic heterocycles. The number of carbonyl (C=O) groups is 2. The van der Waals surface area contributed by atoms with E-state index in [-0.39, 0.29) is 11.6 Å². The molecule has 0 saturated heterocycles. The lowest BCUT2D eigenvalue weighted by Gasteiger charge is -2.43. The fourth-order valence-corrected chi connectivity index (χ4v) is 4.52. The van der Waals surface area contributed by atoms with Gasteiger partial charge in [0.2, 0.25) is 0 Å². The second kappa shape index (κ2) is 10.5. The van der Waals surface area contributed by atoms with Gasteiger partial charge in [-0.25, -0.2) is 4.79 Å². The second-order valence-corrected chi connectivity index (χ2v) is 9.37. The molecular formula is C27H28BrN3O4. The highest BCUT2D eigenvalue weighted by molar-refractivity contribution is 9.10. The highest BCUT2D eigenvalue weighted by Gasteiger charge is 2.52. The molecule has 1 heterocycles. The van der Waals surface area contributed by atoms with E-state index >= 15 is 0 Å². The summed E-state index contributed by atoms with van der Waals surface area (Å²) in [5.74, 6) is -0.0551. The molecule has 182 valence electrons. The van der Waals surface area contributed by atoms with E-state index < -0.39 is 17.7 Å². The van der Waals surface area contributed by atoms with Crippen molar-refractivity contribution in [1.29, 1.82) is 0 Å². The van der Waals surface area contributed by atoms with E-state index in [9.17, 15) is 14.7 Å². The van der Waals surface area contributed by atoms with Gasteiger partial charge in [0, 0.05) is 21.8 Å². The van der Waals surface area contributed by atoms with E-state index in [0.717, 1.165) is 16.9 Å². The molecule has 1 aliphatic rings. The first kappa shape index (κ1) is 24.8. The van der Waals surface area contributed by atoms with Gasteiger partial charge in [-0.1, -0.05) is 46.3 Å². The van der Waals surface area contributed by atoms with Crippen LogP contribution in [0.2, 0.25) is 0 Å². The van der Waals surface area contributed by atoms with Crippen molar-refractivity contribution < 1.29 is 19.4 Å². The number of aliphatic hydroxyl groups is 1. The van der Waals surface area contributed by atoms with Crippen molar-refractivity contribution in [2.45, 2.75) is 38.5 Å². The summed E-state index contributed by atoms with van der Waals surface area (Å²) in [6.45, 7) is 4.26. The Balaban J connectivity index is 1.66. The minimum atomic E-state index is -2.27. The number of urea groups is 1. The smallest absolute Gasteiger partial charge is 0.329 e. The van der Waals surface area contributed by atoms with Gasteiger partial charge >= 0.3 is 6.03 Å². The fraction of sp³-hybridized carbons (Fsp3) is 0.259. The summed E-state index contributed by atoms with van der Waals surface area (Å²) < 4.78 is 6.16. The third-order valence-electron chi connectivity index (χ3n) is 5.93. The van der Waals surface area contributed by atoms with Crippen molar-refractivity contribution in [1.82, 2.24) is 5.32 Å². The minimum absolute atomic E-state index is 0.241. The van der Waals surface area contributed by atoms with Crippen LogP contribution in [-0.2, 0) is 16.9 Å². The molecule has 3 N–H and O–H groups in total. The Bertz CT molecular complexity index is 1200. The van der Waals surface area contributed by atoms with Crippen LogP contribution in [0.15, 0.2) is 77.3 Å². The SMILES string of the molecule is CCOc1ccc(N2C(=O)Nc3ccc(Br)cc3[C@@]2(O)C(=O)N[C@H](C)CCc2ccccc2)cc1. The van der Waals surface area contributed by atoms with Crippen LogP contribution in [0.4, 0.5) is 16.2 Å². The number of carbonyl (C=O) groups excluding carboxylic acids is 2. The van der Waals surface area contributed by atoms with Crippen LogP contribution >= 0.6 is 15.9 Å². The molecule has 1 aliphatic heterocycles. The van der Waals surface area contributed by atoms with Gasteiger partial charge in [-0.2, -0.15) is 0 Å². The monoisotopic (exact) mass is 537 g/mol. The van der Waals surface area contributed by atoms with Gasteiger partial charge in [-0.3, -0.25) is 9.69 Å². The first-order chi connectivity index (χ1) is 16.8. The number of rotatable bonds is 8. The van der Waals surface area contributed by atoms with Crippen molar-refractivity contribution in [3.8, 4) is 5.75 Å². The van der Waals surface area contributed by atoms with Crippen molar-refractivity contribution in [2.24, 2.45) is 0 Å². The maximum atomic E-state index is 13.7. The summed E-state index contributed by atoms with van der Waals surface area (Å²) in [4.78, 5) is 28.0. The molecule has 2 atom stereocenters. The van der Waals surface area contributed by atoms with Crippen molar-refractivity contribution in [2.75, 3.05) is 16.8 Å². The zero-order valence-electron chi connectivity index (χ0n) is 19.6. The number of halogens is 1. The Morgan fingerprint density at radius 1 is 1.14 bits per heavy atom. The van der Waals surface area contributed by atoms with Gasteiger partial charge in [0.15, 0.2) is 0 Å². The van der Waals surface area contributed by atoms with E-state index in [1.807, 2.05) is 44.2 Å². The molecule has 3 amide bonds. The van der Waals surface area contributed by atoms with Gasteiger partial charge in [0.25, 0.3) is 11.6 Å². The van der Waals surface area contributed by atoms with E-state index in [1.54, 1.807) is 42.5 Å². The number of nitrogens with one attached hydrogen (secondary N) is 2. The molecule has 0 spiro atoms. The molecule has 0 saturated carbocycles. The summed E-state index contributed by atoms with van der Waals surface area (Å²) in [5.41, 5.74) is -0.112. The van der Waals surface area contributed by atoms with Crippen molar-refractivity contribution >= 4 is 39.2 Å². The van der Waals surface area contributed by atoms with Crippen LogP contribution in [0, 0.1) is 0 Å². The molecule has 7 nitrogen and oxygen atoms in total. The van der Waals surface area contributed by atoms with Crippen LogP contribution in [0.5, 0.6) is 5.75 Å². The number of aryl methyl sites for hydroxylation is 1. The van der Waals surface area contributed by atoms with Crippen LogP contribution in [0.1, 0.15) is 31.4 Å². The van der Waals surface area contributed by atoms with Crippen LogP contribution < -0.4 is 20.3 Å². The quantitative estimate of drug-likeness (QED) is 0.369. The topological polar surface area (TPSA) is 90.9 Å². The molecule has 4 rings (SSSR count). The van der Waals surface area contributed by atoms with Gasteiger partial charge in [0.05, 0.1) is 12.3 Å². The summed E-state index contributed by atoms with van der Waals surface area (Å²) in [6, 6.07) is 20.9. The van der Waals surface area contributed by atoms with Crippen LogP contribution in [0.3, 0.4) is 0 Å². The van der Waals surface area contributed by atoms with Gasteiger partial charge in [-0.15, -0.1) is 0 Å². The normalized spacial score (nSPS) is 17.8. The van der Waals surface area contributed by atoms with E-state index in [4.69, 9.17) is 4.74 Å². The number of benzene rings is 3. The van der Waals surface area contributed by atoms with Gasteiger partial charge < -0.3 is 20.5 Å². The molecule has 0 aliphatic carbocycles. The predicted octanol–water partition coefficient (Wildman–Crippen LogP) is 5.18. The molecule has 0 radical (unpaired) electrons. The predicted molar refractivity (Wildman–Crippen MR) is 140 cm³/mol. The summed E-state index contributed by atoms with van der Waals surface area (Å²) in [6.07, 6.45) is 1.44. The number of amides is 3. The zero-order valence-corrected chi connectivity index (χ0v) is 21.2. The Morgan fingerprint density at radius 2 is 1.86 bits per heavy atom. The lowest BCUT2D eigenvalue weighted by Crippen LogP contribution is -2.63. The summed E-state index contributed by atoms with van der Waals surface area (Å²) in [5, 5.41) is 17.7. The third-order valence-corrected chi connectivity index (χ3v) is 6.43. The lowest BCUT2D eigenvalue weighted by molar-refractivity contribution is -0.141. The first-order valence-corrected chi connectivity index (χ1v) is 12.3. The number of hydrogen-bond donors (Lipinski definition) is 3. The average molecular weight is 538 g/mol. The standard InChI is InChI=1S/C27H28BrN3O4/c1-3-35-22-14-12-21(13-15-22)31-26(33)30-24-16-11-20(28)17-23(24)27(31,34)25(32)29-18(2)9-10-19-7-5-4-6-8-19/h4-8,11-18,34H,3,9-10H2,1-2H3,(H,29,32)(H,30,33)/t18-,27-/m1/s1. The number of ether oxygens (including phenoxy) is 1. The van der Waals surface area contributed by atoms with E-state index in [1.165, 1.54) is 0 Å². The highest BCUT2D eigenvalue weighted by Crippen LogP contribution is 2.41. The van der Waals surface area contributed by atoms with E-state index in [2.05, 4.69) is 26.6 Å². The maximum absolute atomic E-state index is 13.7. The molecule has 35 heavy (non-hydrogen) atoms. The molecule has 3 aromatic rings. The van der Waals surface area contributed by atoms with Gasteiger partial charge in [-0.05, 0) is 74.7 Å². The maximum Gasteiger partial charge on any atom is 0.329 e. The highest BCUT2D eigenvalue weighted by atomic mass is 79.9. The first-order valence-electron chi connectivity index (χ1n) is 11.5. The molecule has 0 unspecified atom stereocenters. The molecule has 0 bridgehead atoms. The number of fused-ring (bicyclic) bond motifs is 1. The Morgan fingerprint density at radius 3 is 2.54 bits per heavy atom. The number of anilines is 2. The average Bonchev–Trinajstić information content (AvgIpc) is 2.85. The lowest BCUT2D eigenvalue weighted by atomic mass is 9.94. The molecule has 3 aromatic carbocycles. The van der Waals surface area contributed by atoms with Crippen LogP contribution in [0.25, 0.3) is 0 Å². The Kier molecular flexibility index (Phi) is 7.42.